The van der Waals surface area contributed by atoms with E-state index in [-0.39, 0.29) is 17.7 Å². The summed E-state index contributed by atoms with van der Waals surface area (Å²) in [6.45, 7) is 0. The van der Waals surface area contributed by atoms with E-state index in [2.05, 4.69) is 20.6 Å². The second kappa shape index (κ2) is 7.85. The minimum Gasteiger partial charge on any atom is -0.497 e. The van der Waals surface area contributed by atoms with Crippen molar-refractivity contribution in [3.63, 3.8) is 0 Å². The van der Waals surface area contributed by atoms with E-state index in [9.17, 15) is 4.79 Å². The Hall–Kier alpha value is -3.14. The quantitative estimate of drug-likeness (QED) is 0.588. The van der Waals surface area contributed by atoms with Crippen LogP contribution in [0.2, 0.25) is 0 Å². The molecule has 0 N–H and O–H groups in total. The summed E-state index contributed by atoms with van der Waals surface area (Å²) in [6, 6.07) is 11.0. The third-order valence-electron chi connectivity index (χ3n) is 4.37. The lowest BCUT2D eigenvalue weighted by Gasteiger charge is -2.19. The molecule has 2 aromatic heterocycles. The maximum Gasteiger partial charge on any atom is 0.253 e. The Morgan fingerprint density at radius 1 is 1.32 bits per heavy atom. The SMILES string of the molecule is COc1ccc(C2=NN(C(=O)CSc3nnnn3C)[C@H](c3ccco3)C2)cc1. The predicted molar refractivity (Wildman–Crippen MR) is 102 cm³/mol. The number of hydrazone groups is 1. The lowest BCUT2D eigenvalue weighted by Crippen LogP contribution is -2.28. The molecular weight excluding hydrogens is 380 g/mol. The highest BCUT2D eigenvalue weighted by Crippen LogP contribution is 2.34. The first-order valence-electron chi connectivity index (χ1n) is 8.58. The molecule has 3 aromatic rings. The fourth-order valence-corrected chi connectivity index (χ4v) is 3.64. The van der Waals surface area contributed by atoms with Crippen LogP contribution in [0.3, 0.4) is 0 Å². The number of thioether (sulfide) groups is 1. The van der Waals surface area contributed by atoms with Crippen molar-refractivity contribution in [3.05, 3.63) is 54.0 Å². The Kier molecular flexibility index (Phi) is 5.11. The van der Waals surface area contributed by atoms with Crippen LogP contribution < -0.4 is 4.74 Å². The van der Waals surface area contributed by atoms with Crippen molar-refractivity contribution in [2.75, 3.05) is 12.9 Å². The molecule has 0 saturated carbocycles. The molecule has 1 aliphatic heterocycles. The minimum absolute atomic E-state index is 0.141. The molecule has 4 rings (SSSR count). The standard InChI is InChI=1S/C18H18N6O3S/c1-23-18(19-21-22-23)28-11-17(25)24-15(16-4-3-9-27-16)10-14(20-24)12-5-7-13(26-2)8-6-12/h3-9,15H,10-11H2,1-2H3/t15-/m0/s1. The van der Waals surface area contributed by atoms with E-state index in [0.717, 1.165) is 17.0 Å². The molecule has 10 heteroatoms. The molecule has 1 atom stereocenters. The van der Waals surface area contributed by atoms with Crippen molar-refractivity contribution in [3.8, 4) is 5.75 Å². The van der Waals surface area contributed by atoms with Gasteiger partial charge >= 0.3 is 0 Å². The van der Waals surface area contributed by atoms with Gasteiger partial charge in [-0.2, -0.15) is 5.10 Å². The van der Waals surface area contributed by atoms with Gasteiger partial charge in [-0.25, -0.2) is 9.69 Å². The zero-order valence-corrected chi connectivity index (χ0v) is 16.2. The van der Waals surface area contributed by atoms with Crippen LogP contribution in [-0.2, 0) is 11.8 Å². The van der Waals surface area contributed by atoms with E-state index in [0.29, 0.717) is 17.3 Å². The van der Waals surface area contributed by atoms with Crippen LogP contribution in [0.4, 0.5) is 0 Å². The Labute approximate surface area is 165 Å². The number of carbonyl (C=O) groups excluding carboxylic acids is 1. The van der Waals surface area contributed by atoms with Crippen LogP contribution in [0, 0.1) is 0 Å². The second-order valence-electron chi connectivity index (χ2n) is 6.12. The average molecular weight is 398 g/mol. The monoisotopic (exact) mass is 398 g/mol. The van der Waals surface area contributed by atoms with Crippen LogP contribution in [0.5, 0.6) is 5.75 Å². The molecule has 144 valence electrons. The summed E-state index contributed by atoms with van der Waals surface area (Å²) in [6.07, 6.45) is 2.17. The van der Waals surface area contributed by atoms with Gasteiger partial charge in [0.2, 0.25) is 5.16 Å². The van der Waals surface area contributed by atoms with Gasteiger partial charge in [-0.3, -0.25) is 4.79 Å². The van der Waals surface area contributed by atoms with Crippen molar-refractivity contribution in [2.45, 2.75) is 17.6 Å². The summed E-state index contributed by atoms with van der Waals surface area (Å²) in [4.78, 5) is 12.9. The van der Waals surface area contributed by atoms with Crippen molar-refractivity contribution < 1.29 is 13.9 Å². The summed E-state index contributed by atoms with van der Waals surface area (Å²) in [5.74, 6) is 1.50. The molecule has 1 aromatic carbocycles. The lowest BCUT2D eigenvalue weighted by molar-refractivity contribution is -0.130. The van der Waals surface area contributed by atoms with Gasteiger partial charge in [-0.05, 0) is 52.4 Å². The zero-order valence-electron chi connectivity index (χ0n) is 15.3. The highest BCUT2D eigenvalue weighted by Gasteiger charge is 2.34. The molecule has 28 heavy (non-hydrogen) atoms. The van der Waals surface area contributed by atoms with Gasteiger partial charge in [0.05, 0.1) is 24.8 Å². The van der Waals surface area contributed by atoms with E-state index in [4.69, 9.17) is 9.15 Å². The van der Waals surface area contributed by atoms with Crippen LogP contribution in [0.15, 0.2) is 57.3 Å². The number of hydrogen-bond acceptors (Lipinski definition) is 8. The van der Waals surface area contributed by atoms with E-state index in [1.807, 2.05) is 36.4 Å². The van der Waals surface area contributed by atoms with Crippen molar-refractivity contribution >= 4 is 23.4 Å². The Morgan fingerprint density at radius 3 is 2.79 bits per heavy atom. The number of ether oxygens (including phenoxy) is 1. The Balaban J connectivity index is 1.56. The average Bonchev–Trinajstić information content (AvgIpc) is 3.46. The summed E-state index contributed by atoms with van der Waals surface area (Å²) in [5, 5.41) is 17.9. The van der Waals surface area contributed by atoms with Crippen LogP contribution >= 0.6 is 11.8 Å². The maximum atomic E-state index is 12.9. The first-order chi connectivity index (χ1) is 13.7. The van der Waals surface area contributed by atoms with Gasteiger partial charge in [0.15, 0.2) is 0 Å². The van der Waals surface area contributed by atoms with E-state index in [1.54, 1.807) is 20.4 Å². The number of hydrogen-bond donors (Lipinski definition) is 0. The van der Waals surface area contributed by atoms with Crippen molar-refractivity contribution in [2.24, 2.45) is 12.1 Å². The molecule has 0 bridgehead atoms. The number of aryl methyl sites for hydroxylation is 1. The van der Waals surface area contributed by atoms with E-state index < -0.39 is 0 Å². The molecular formula is C18H18N6O3S. The third kappa shape index (κ3) is 3.63. The minimum atomic E-state index is -0.280. The number of aromatic nitrogens is 4. The number of furan rings is 1. The molecule has 9 nitrogen and oxygen atoms in total. The van der Waals surface area contributed by atoms with Gasteiger partial charge in [0, 0.05) is 13.5 Å². The molecule has 0 unspecified atom stereocenters. The van der Waals surface area contributed by atoms with Crippen molar-refractivity contribution in [1.82, 2.24) is 25.2 Å². The molecule has 1 aliphatic rings. The van der Waals surface area contributed by atoms with Gasteiger partial charge < -0.3 is 9.15 Å². The summed E-state index contributed by atoms with van der Waals surface area (Å²) < 4.78 is 12.3. The number of tetrazole rings is 1. The highest BCUT2D eigenvalue weighted by molar-refractivity contribution is 7.99. The largest absolute Gasteiger partial charge is 0.497 e. The van der Waals surface area contributed by atoms with Gasteiger partial charge in [0.1, 0.15) is 17.6 Å². The second-order valence-corrected chi connectivity index (χ2v) is 7.07. The first-order valence-corrected chi connectivity index (χ1v) is 9.57. The number of rotatable bonds is 6. The molecule has 0 spiro atoms. The molecule has 3 heterocycles. The van der Waals surface area contributed by atoms with Crippen molar-refractivity contribution in [1.29, 1.82) is 0 Å². The number of benzene rings is 1. The molecule has 0 fully saturated rings. The summed E-state index contributed by atoms with van der Waals surface area (Å²) >= 11 is 1.27. The number of carbonyl (C=O) groups is 1. The molecule has 0 saturated heterocycles. The fourth-order valence-electron chi connectivity index (χ4n) is 2.94. The summed E-state index contributed by atoms with van der Waals surface area (Å²) in [7, 11) is 3.36. The molecule has 1 amide bonds. The predicted octanol–water partition coefficient (Wildman–Crippen LogP) is 2.28. The Bertz CT molecular complexity index is 983. The van der Waals surface area contributed by atoms with E-state index >= 15 is 0 Å². The first kappa shape index (κ1) is 18.2. The normalized spacial score (nSPS) is 16.3. The van der Waals surface area contributed by atoms with Crippen LogP contribution in [0.1, 0.15) is 23.8 Å². The smallest absolute Gasteiger partial charge is 0.253 e. The van der Waals surface area contributed by atoms with E-state index in [1.165, 1.54) is 21.5 Å². The third-order valence-corrected chi connectivity index (χ3v) is 5.36. The zero-order chi connectivity index (χ0) is 19.5. The fraction of sp³-hybridized carbons (Fsp3) is 0.278. The van der Waals surface area contributed by atoms with Gasteiger partial charge in [-0.1, -0.05) is 11.8 Å². The number of amides is 1. The Morgan fingerprint density at radius 2 is 2.14 bits per heavy atom. The summed E-state index contributed by atoms with van der Waals surface area (Å²) in [5.41, 5.74) is 1.76. The molecule has 0 aliphatic carbocycles. The topological polar surface area (TPSA) is 98.6 Å². The van der Waals surface area contributed by atoms with Gasteiger partial charge in [0.25, 0.3) is 5.91 Å². The number of nitrogens with zero attached hydrogens (tertiary/aromatic N) is 6. The van der Waals surface area contributed by atoms with Crippen LogP contribution in [-0.4, -0.2) is 49.7 Å². The molecule has 0 radical (unpaired) electrons. The lowest BCUT2D eigenvalue weighted by atomic mass is 10.0. The maximum absolute atomic E-state index is 12.9. The van der Waals surface area contributed by atoms with Gasteiger partial charge in [-0.15, -0.1) is 5.10 Å². The number of methoxy groups -OCH3 is 1. The highest BCUT2D eigenvalue weighted by atomic mass is 32.2. The van der Waals surface area contributed by atoms with Crippen LogP contribution in [0.25, 0.3) is 0 Å².